The number of benzene rings is 2. The molecule has 1 aromatic heterocycles. The molecular weight excluding hydrogens is 364 g/mol. The number of methoxy groups -OCH3 is 1. The van der Waals surface area contributed by atoms with Crippen molar-refractivity contribution in [1.82, 2.24) is 20.2 Å². The topological polar surface area (TPSA) is 82.3 Å². The molecule has 3 aromatic rings. The predicted octanol–water partition coefficient (Wildman–Crippen LogP) is 2.82. The number of aryl methyl sites for hydroxylation is 2. The Balaban J connectivity index is 1.56. The Morgan fingerprint density at radius 3 is 2.44 bits per heavy atom. The summed E-state index contributed by atoms with van der Waals surface area (Å²) in [5.74, 6) is 1.95. The standard InChI is InChI=1S/C19H22N4O3S/c1-13-8-14(2)10-18(9-13)26-11-16(24)12-27-19-20-21-22-23(19)15-4-6-17(25-3)7-5-15/h4-10,16,24H,11-12H2,1-3H3/t16-/m1/s1. The number of tetrazole rings is 1. The van der Waals surface area contributed by atoms with Gasteiger partial charge in [-0.3, -0.25) is 0 Å². The van der Waals surface area contributed by atoms with Gasteiger partial charge >= 0.3 is 0 Å². The van der Waals surface area contributed by atoms with Gasteiger partial charge in [0.1, 0.15) is 18.1 Å². The summed E-state index contributed by atoms with van der Waals surface area (Å²) < 4.78 is 12.5. The number of ether oxygens (including phenoxy) is 2. The van der Waals surface area contributed by atoms with E-state index in [4.69, 9.17) is 9.47 Å². The number of hydrogen-bond acceptors (Lipinski definition) is 7. The highest BCUT2D eigenvalue weighted by molar-refractivity contribution is 7.99. The molecule has 0 spiro atoms. The molecule has 7 nitrogen and oxygen atoms in total. The summed E-state index contributed by atoms with van der Waals surface area (Å²) in [5, 5.41) is 22.6. The van der Waals surface area contributed by atoms with Crippen molar-refractivity contribution in [2.75, 3.05) is 19.5 Å². The van der Waals surface area contributed by atoms with Gasteiger partial charge in [-0.25, -0.2) is 0 Å². The molecule has 0 radical (unpaired) electrons. The molecule has 0 amide bonds. The third kappa shape index (κ3) is 5.21. The smallest absolute Gasteiger partial charge is 0.214 e. The summed E-state index contributed by atoms with van der Waals surface area (Å²) in [7, 11) is 1.62. The van der Waals surface area contributed by atoms with Crippen molar-refractivity contribution in [1.29, 1.82) is 0 Å². The number of rotatable bonds is 8. The molecule has 1 heterocycles. The van der Waals surface area contributed by atoms with Crippen LogP contribution >= 0.6 is 11.8 Å². The Hall–Kier alpha value is -2.58. The van der Waals surface area contributed by atoms with Crippen LogP contribution in [0.2, 0.25) is 0 Å². The SMILES string of the molecule is COc1ccc(-n2nnnc2SC[C@H](O)COc2cc(C)cc(C)c2)cc1. The lowest BCUT2D eigenvalue weighted by Crippen LogP contribution is -2.20. The summed E-state index contributed by atoms with van der Waals surface area (Å²) in [4.78, 5) is 0. The molecule has 0 fully saturated rings. The monoisotopic (exact) mass is 386 g/mol. The van der Waals surface area contributed by atoms with Crippen LogP contribution in [0.1, 0.15) is 11.1 Å². The van der Waals surface area contributed by atoms with E-state index in [2.05, 4.69) is 21.6 Å². The zero-order chi connectivity index (χ0) is 19.2. The van der Waals surface area contributed by atoms with Crippen molar-refractivity contribution in [3.05, 3.63) is 53.6 Å². The summed E-state index contributed by atoms with van der Waals surface area (Å²) in [6, 6.07) is 13.4. The Labute approximate surface area is 162 Å². The lowest BCUT2D eigenvalue weighted by Gasteiger charge is -2.13. The van der Waals surface area contributed by atoms with Crippen LogP contribution in [0, 0.1) is 13.8 Å². The van der Waals surface area contributed by atoms with E-state index in [1.54, 1.807) is 11.8 Å². The van der Waals surface area contributed by atoms with Crippen LogP contribution in [0.15, 0.2) is 47.6 Å². The average molecular weight is 386 g/mol. The molecule has 0 unspecified atom stereocenters. The molecule has 1 atom stereocenters. The van der Waals surface area contributed by atoms with Crippen molar-refractivity contribution >= 4 is 11.8 Å². The maximum atomic E-state index is 10.2. The van der Waals surface area contributed by atoms with Crippen LogP contribution in [-0.2, 0) is 0 Å². The van der Waals surface area contributed by atoms with Crippen LogP contribution in [0.4, 0.5) is 0 Å². The van der Waals surface area contributed by atoms with Gasteiger partial charge in [0.15, 0.2) is 0 Å². The number of aliphatic hydroxyl groups excluding tert-OH is 1. The third-order valence-electron chi connectivity index (χ3n) is 3.80. The van der Waals surface area contributed by atoms with Gasteiger partial charge in [-0.05, 0) is 71.8 Å². The molecule has 0 aliphatic carbocycles. The van der Waals surface area contributed by atoms with Gasteiger partial charge in [0.25, 0.3) is 0 Å². The number of nitrogens with zero attached hydrogens (tertiary/aromatic N) is 4. The number of hydrogen-bond donors (Lipinski definition) is 1. The number of aromatic nitrogens is 4. The third-order valence-corrected chi connectivity index (χ3v) is 4.86. The summed E-state index contributed by atoms with van der Waals surface area (Å²) >= 11 is 1.37. The van der Waals surface area contributed by atoms with E-state index in [1.807, 2.05) is 50.2 Å². The first-order chi connectivity index (χ1) is 13.0. The van der Waals surface area contributed by atoms with E-state index in [1.165, 1.54) is 11.8 Å². The fourth-order valence-corrected chi connectivity index (χ4v) is 3.38. The molecule has 0 aliphatic rings. The highest BCUT2D eigenvalue weighted by Crippen LogP contribution is 2.21. The minimum absolute atomic E-state index is 0.208. The highest BCUT2D eigenvalue weighted by Gasteiger charge is 2.13. The average Bonchev–Trinajstić information content (AvgIpc) is 3.12. The first-order valence-corrected chi connectivity index (χ1v) is 9.48. The molecule has 27 heavy (non-hydrogen) atoms. The molecule has 1 N–H and O–H groups in total. The fraction of sp³-hybridized carbons (Fsp3) is 0.316. The van der Waals surface area contributed by atoms with E-state index in [0.717, 1.165) is 28.3 Å². The van der Waals surface area contributed by atoms with Crippen LogP contribution in [-0.4, -0.2) is 50.9 Å². The molecule has 3 rings (SSSR count). The molecule has 8 heteroatoms. The number of thioether (sulfide) groups is 1. The van der Waals surface area contributed by atoms with Crippen LogP contribution in [0.3, 0.4) is 0 Å². The van der Waals surface area contributed by atoms with Gasteiger partial charge in [-0.1, -0.05) is 17.8 Å². The van der Waals surface area contributed by atoms with Gasteiger partial charge in [-0.15, -0.1) is 5.10 Å². The van der Waals surface area contributed by atoms with Crippen molar-refractivity contribution in [3.8, 4) is 17.2 Å². The Kier molecular flexibility index (Phi) is 6.31. The van der Waals surface area contributed by atoms with Crippen LogP contribution < -0.4 is 9.47 Å². The second kappa shape index (κ2) is 8.88. The fourth-order valence-electron chi connectivity index (χ4n) is 2.58. The Morgan fingerprint density at radius 1 is 1.07 bits per heavy atom. The van der Waals surface area contributed by atoms with Gasteiger partial charge in [0.05, 0.1) is 18.9 Å². The second-order valence-electron chi connectivity index (χ2n) is 6.17. The van der Waals surface area contributed by atoms with Crippen LogP contribution in [0.5, 0.6) is 11.5 Å². The van der Waals surface area contributed by atoms with Crippen molar-refractivity contribution in [3.63, 3.8) is 0 Å². The van der Waals surface area contributed by atoms with Crippen molar-refractivity contribution in [2.45, 2.75) is 25.1 Å². The van der Waals surface area contributed by atoms with Gasteiger partial charge in [0.2, 0.25) is 5.16 Å². The van der Waals surface area contributed by atoms with Crippen molar-refractivity contribution < 1.29 is 14.6 Å². The number of aliphatic hydroxyl groups is 1. The van der Waals surface area contributed by atoms with E-state index >= 15 is 0 Å². The zero-order valence-electron chi connectivity index (χ0n) is 15.5. The molecule has 0 saturated heterocycles. The van der Waals surface area contributed by atoms with Gasteiger partial charge < -0.3 is 14.6 Å². The predicted molar refractivity (Wildman–Crippen MR) is 104 cm³/mol. The van der Waals surface area contributed by atoms with E-state index < -0.39 is 6.10 Å². The van der Waals surface area contributed by atoms with E-state index in [9.17, 15) is 5.11 Å². The summed E-state index contributed by atoms with van der Waals surface area (Å²) in [6.07, 6.45) is -0.642. The molecule has 0 aliphatic heterocycles. The van der Waals surface area contributed by atoms with E-state index in [-0.39, 0.29) is 6.61 Å². The van der Waals surface area contributed by atoms with E-state index in [0.29, 0.717) is 10.9 Å². The quantitative estimate of drug-likeness (QED) is 0.596. The maximum absolute atomic E-state index is 10.2. The van der Waals surface area contributed by atoms with Crippen LogP contribution in [0.25, 0.3) is 5.69 Å². The zero-order valence-corrected chi connectivity index (χ0v) is 16.3. The van der Waals surface area contributed by atoms with Gasteiger partial charge in [-0.2, -0.15) is 4.68 Å². The maximum Gasteiger partial charge on any atom is 0.214 e. The lowest BCUT2D eigenvalue weighted by molar-refractivity contribution is 0.126. The normalized spacial score (nSPS) is 12.0. The highest BCUT2D eigenvalue weighted by atomic mass is 32.2. The molecule has 2 aromatic carbocycles. The van der Waals surface area contributed by atoms with Gasteiger partial charge in [0, 0.05) is 5.75 Å². The molecule has 142 valence electrons. The first-order valence-electron chi connectivity index (χ1n) is 8.50. The lowest BCUT2D eigenvalue weighted by atomic mass is 10.1. The molecule has 0 bridgehead atoms. The Bertz CT molecular complexity index is 863. The molecule has 0 saturated carbocycles. The second-order valence-corrected chi connectivity index (χ2v) is 7.16. The first kappa shape index (κ1) is 19.2. The summed E-state index contributed by atoms with van der Waals surface area (Å²) in [5.41, 5.74) is 3.09. The van der Waals surface area contributed by atoms with Crippen molar-refractivity contribution in [2.24, 2.45) is 0 Å². The largest absolute Gasteiger partial charge is 0.497 e. The summed E-state index contributed by atoms with van der Waals surface area (Å²) in [6.45, 7) is 4.25. The molecular formula is C19H22N4O3S. The minimum Gasteiger partial charge on any atom is -0.497 e. The Morgan fingerprint density at radius 2 is 1.78 bits per heavy atom. The minimum atomic E-state index is -0.642.